The van der Waals surface area contributed by atoms with Crippen LogP contribution in [-0.4, -0.2) is 0 Å². The lowest BCUT2D eigenvalue weighted by molar-refractivity contribution is 0.670. The summed E-state index contributed by atoms with van der Waals surface area (Å²) < 4.78 is 6.25. The topological polar surface area (TPSA) is 13.1 Å². The van der Waals surface area contributed by atoms with Crippen molar-refractivity contribution in [2.75, 3.05) is 0 Å². The van der Waals surface area contributed by atoms with Crippen LogP contribution in [-0.2, 0) is 0 Å². The van der Waals surface area contributed by atoms with Gasteiger partial charge in [-0.15, -0.1) is 0 Å². The predicted octanol–water partition coefficient (Wildman–Crippen LogP) is 11.4. The van der Waals surface area contributed by atoms with Crippen LogP contribution in [0.5, 0.6) is 0 Å². The molecule has 0 fully saturated rings. The van der Waals surface area contributed by atoms with Gasteiger partial charge in [-0.05, 0) is 56.5 Å². The zero-order valence-electron chi connectivity index (χ0n) is 22.8. The van der Waals surface area contributed by atoms with E-state index in [9.17, 15) is 0 Å². The second-order valence-corrected chi connectivity index (χ2v) is 10.8. The van der Waals surface area contributed by atoms with Crippen molar-refractivity contribution in [2.45, 2.75) is 19.8 Å². The van der Waals surface area contributed by atoms with E-state index >= 15 is 0 Å². The fourth-order valence-electron chi connectivity index (χ4n) is 5.59. The Kier molecular flexibility index (Phi) is 6.06. The Labute approximate surface area is 235 Å². The highest BCUT2D eigenvalue weighted by atomic mass is 16.3. The molecule has 0 aliphatic heterocycles. The summed E-state index contributed by atoms with van der Waals surface area (Å²) in [5.41, 5.74) is 12.9. The molecule has 0 amide bonds. The summed E-state index contributed by atoms with van der Waals surface area (Å²) in [5, 5.41) is 2.32. The largest absolute Gasteiger partial charge is 0.455 e. The first-order chi connectivity index (χ1) is 19.6. The minimum absolute atomic E-state index is 0.551. The quantitative estimate of drug-likeness (QED) is 0.223. The summed E-state index contributed by atoms with van der Waals surface area (Å²) in [6, 6.07) is 50.0. The molecule has 40 heavy (non-hydrogen) atoms. The van der Waals surface area contributed by atoms with Crippen molar-refractivity contribution in [1.82, 2.24) is 0 Å². The first kappa shape index (κ1) is 24.2. The Morgan fingerprint density at radius 2 is 0.825 bits per heavy atom. The molecule has 0 atom stereocenters. The molecule has 1 heteroatoms. The van der Waals surface area contributed by atoms with Crippen molar-refractivity contribution in [1.29, 1.82) is 0 Å². The molecule has 192 valence electrons. The molecular weight excluding hydrogens is 484 g/mol. The molecule has 0 radical (unpaired) electrons. The van der Waals surface area contributed by atoms with Crippen LogP contribution in [0.2, 0.25) is 0 Å². The maximum Gasteiger partial charge on any atom is 0.143 e. The first-order valence-corrected chi connectivity index (χ1v) is 14.0. The highest BCUT2D eigenvalue weighted by Gasteiger charge is 2.12. The van der Waals surface area contributed by atoms with Crippen molar-refractivity contribution in [3.63, 3.8) is 0 Å². The van der Waals surface area contributed by atoms with Gasteiger partial charge in [-0.2, -0.15) is 0 Å². The lowest BCUT2D eigenvalue weighted by Crippen LogP contribution is -1.87. The van der Waals surface area contributed by atoms with Crippen LogP contribution in [0, 0.1) is 0 Å². The van der Waals surface area contributed by atoms with E-state index in [0.717, 1.165) is 33.1 Å². The maximum atomic E-state index is 6.25. The molecule has 0 unspecified atom stereocenters. The summed E-state index contributed by atoms with van der Waals surface area (Å²) in [6.45, 7) is 4.46. The van der Waals surface area contributed by atoms with Crippen molar-refractivity contribution in [2.24, 2.45) is 0 Å². The van der Waals surface area contributed by atoms with Crippen LogP contribution in [0.1, 0.15) is 25.3 Å². The van der Waals surface area contributed by atoms with Gasteiger partial charge in [0.2, 0.25) is 0 Å². The molecule has 0 N–H and O–H groups in total. The molecule has 7 rings (SSSR count). The lowest BCUT2D eigenvalue weighted by Gasteiger charge is -2.09. The fourth-order valence-corrected chi connectivity index (χ4v) is 5.59. The van der Waals surface area contributed by atoms with Crippen molar-refractivity contribution >= 4 is 21.9 Å². The van der Waals surface area contributed by atoms with Crippen LogP contribution >= 0.6 is 0 Å². The Balaban J connectivity index is 1.11. The van der Waals surface area contributed by atoms with Gasteiger partial charge in [-0.25, -0.2) is 0 Å². The molecule has 1 nitrogen and oxygen atoms in total. The van der Waals surface area contributed by atoms with E-state index in [1.165, 1.54) is 38.9 Å². The second kappa shape index (κ2) is 10.0. The van der Waals surface area contributed by atoms with Gasteiger partial charge >= 0.3 is 0 Å². The van der Waals surface area contributed by atoms with Gasteiger partial charge in [0, 0.05) is 16.3 Å². The normalized spacial score (nSPS) is 11.5. The molecule has 6 aromatic carbocycles. The van der Waals surface area contributed by atoms with E-state index < -0.39 is 0 Å². The summed E-state index contributed by atoms with van der Waals surface area (Å²) in [7, 11) is 0. The van der Waals surface area contributed by atoms with Crippen molar-refractivity contribution in [3.05, 3.63) is 145 Å². The van der Waals surface area contributed by atoms with Gasteiger partial charge in [-0.3, -0.25) is 0 Å². The lowest BCUT2D eigenvalue weighted by atomic mass is 9.96. The number of furan rings is 1. The molecule has 0 spiro atoms. The maximum absolute atomic E-state index is 6.25. The van der Waals surface area contributed by atoms with E-state index in [1.807, 2.05) is 12.1 Å². The molecule has 0 aliphatic rings. The number of rotatable bonds is 5. The molecule has 0 aliphatic carbocycles. The fraction of sp³-hybridized carbons (Fsp3) is 0.0769. The van der Waals surface area contributed by atoms with E-state index in [2.05, 4.69) is 141 Å². The Hall–Kier alpha value is -4.88. The van der Waals surface area contributed by atoms with Crippen LogP contribution in [0.3, 0.4) is 0 Å². The predicted molar refractivity (Wildman–Crippen MR) is 170 cm³/mol. The first-order valence-electron chi connectivity index (χ1n) is 14.0. The average Bonchev–Trinajstić information content (AvgIpc) is 3.40. The summed E-state index contributed by atoms with van der Waals surface area (Å²) in [4.78, 5) is 0. The highest BCUT2D eigenvalue weighted by molar-refractivity contribution is 6.09. The summed E-state index contributed by atoms with van der Waals surface area (Å²) in [6.07, 6.45) is 0. The minimum Gasteiger partial charge on any atom is -0.455 e. The molecular formula is C39H30O. The molecule has 0 saturated carbocycles. The van der Waals surface area contributed by atoms with Gasteiger partial charge in [-0.1, -0.05) is 147 Å². The Morgan fingerprint density at radius 1 is 0.400 bits per heavy atom. The van der Waals surface area contributed by atoms with Gasteiger partial charge in [0.15, 0.2) is 0 Å². The van der Waals surface area contributed by atoms with E-state index in [-0.39, 0.29) is 0 Å². The highest BCUT2D eigenvalue weighted by Crippen LogP contribution is 2.36. The van der Waals surface area contributed by atoms with E-state index in [1.54, 1.807) is 0 Å². The van der Waals surface area contributed by atoms with Crippen LogP contribution in [0.15, 0.2) is 144 Å². The zero-order chi connectivity index (χ0) is 27.1. The summed E-state index contributed by atoms with van der Waals surface area (Å²) >= 11 is 0. The standard InChI is InChI=1S/C39H30O/c1-26(2)27-10-12-28(13-11-27)29-14-16-30(17-15-29)31-18-20-32(21-19-31)33-22-24-34(25-23-33)35-7-5-8-37-36-6-3-4-9-38(36)40-39(35)37/h3-26H,1-2H3. The van der Waals surface area contributed by atoms with Crippen LogP contribution < -0.4 is 0 Å². The molecule has 7 aromatic rings. The van der Waals surface area contributed by atoms with Gasteiger partial charge in [0.05, 0.1) is 0 Å². The average molecular weight is 515 g/mol. The SMILES string of the molecule is CC(C)c1ccc(-c2ccc(-c3ccc(-c4ccc(-c5cccc6c5oc5ccccc56)cc4)cc3)cc2)cc1. The van der Waals surface area contributed by atoms with Gasteiger partial charge in [0.25, 0.3) is 0 Å². The number of fused-ring (bicyclic) bond motifs is 3. The number of hydrogen-bond acceptors (Lipinski definition) is 1. The third kappa shape index (κ3) is 4.40. The minimum atomic E-state index is 0.551. The van der Waals surface area contributed by atoms with E-state index in [4.69, 9.17) is 4.42 Å². The Bertz CT molecular complexity index is 1920. The molecule has 0 saturated heterocycles. The second-order valence-electron chi connectivity index (χ2n) is 10.8. The third-order valence-corrected chi connectivity index (χ3v) is 7.95. The zero-order valence-corrected chi connectivity index (χ0v) is 22.8. The monoisotopic (exact) mass is 514 g/mol. The van der Waals surface area contributed by atoms with Crippen molar-refractivity contribution in [3.8, 4) is 44.5 Å². The van der Waals surface area contributed by atoms with E-state index in [0.29, 0.717) is 5.92 Å². The Morgan fingerprint density at radius 3 is 1.32 bits per heavy atom. The number of hydrogen-bond donors (Lipinski definition) is 0. The molecule has 0 bridgehead atoms. The summed E-state index contributed by atoms with van der Waals surface area (Å²) in [5.74, 6) is 0.551. The third-order valence-electron chi connectivity index (χ3n) is 7.95. The van der Waals surface area contributed by atoms with Gasteiger partial charge in [0.1, 0.15) is 11.2 Å². The molecule has 1 heterocycles. The van der Waals surface area contributed by atoms with Crippen LogP contribution in [0.25, 0.3) is 66.4 Å². The van der Waals surface area contributed by atoms with Crippen molar-refractivity contribution < 1.29 is 4.42 Å². The number of para-hydroxylation sites is 2. The smallest absolute Gasteiger partial charge is 0.143 e. The number of benzene rings is 6. The van der Waals surface area contributed by atoms with Crippen LogP contribution in [0.4, 0.5) is 0 Å². The van der Waals surface area contributed by atoms with Gasteiger partial charge < -0.3 is 4.42 Å². The molecule has 1 aromatic heterocycles.